The van der Waals surface area contributed by atoms with Crippen molar-refractivity contribution in [2.24, 2.45) is 11.8 Å². The first-order valence-electron chi connectivity index (χ1n) is 10.1. The Balaban J connectivity index is 2.97. The Bertz CT molecular complexity index is 673. The van der Waals surface area contributed by atoms with Gasteiger partial charge in [-0.1, -0.05) is 50.3 Å². The second-order valence-corrected chi connectivity index (χ2v) is 7.56. The van der Waals surface area contributed by atoms with Crippen LogP contribution in [0, 0.1) is 11.8 Å². The molecule has 0 fully saturated rings. The lowest BCUT2D eigenvalue weighted by atomic mass is 9.86. The van der Waals surface area contributed by atoms with Gasteiger partial charge in [0.15, 0.2) is 5.78 Å². The molecule has 0 bridgehead atoms. The molecule has 0 aliphatic heterocycles. The van der Waals surface area contributed by atoms with E-state index in [0.717, 1.165) is 29.7 Å². The fourth-order valence-electron chi connectivity index (χ4n) is 3.21. The second kappa shape index (κ2) is 13.1. The summed E-state index contributed by atoms with van der Waals surface area (Å²) in [5, 5.41) is 0. The molecule has 160 valence electrons. The molecule has 0 saturated carbocycles. The van der Waals surface area contributed by atoms with Gasteiger partial charge in [-0.2, -0.15) is 0 Å². The number of rotatable bonds is 14. The first-order valence-corrected chi connectivity index (χ1v) is 10.1. The first kappa shape index (κ1) is 24.9. The molecular formula is C25H36O4. The maximum Gasteiger partial charge on any atom is 0.164 e. The van der Waals surface area contributed by atoms with Crippen LogP contribution in [-0.4, -0.2) is 32.2 Å². The van der Waals surface area contributed by atoms with E-state index in [0.29, 0.717) is 12.5 Å². The number of ether oxygens (including phenoxy) is 3. The van der Waals surface area contributed by atoms with E-state index in [2.05, 4.69) is 33.1 Å². The summed E-state index contributed by atoms with van der Waals surface area (Å²) < 4.78 is 17.0. The molecule has 4 heteroatoms. The van der Waals surface area contributed by atoms with Gasteiger partial charge >= 0.3 is 0 Å². The molecule has 3 atom stereocenters. The van der Waals surface area contributed by atoms with Crippen molar-refractivity contribution in [3.05, 3.63) is 66.8 Å². The predicted octanol–water partition coefficient (Wildman–Crippen LogP) is 5.54. The van der Waals surface area contributed by atoms with E-state index in [1.807, 2.05) is 31.2 Å². The lowest BCUT2D eigenvalue weighted by molar-refractivity contribution is -0.125. The van der Waals surface area contributed by atoms with E-state index in [1.54, 1.807) is 20.3 Å². The number of hydrogen-bond acceptors (Lipinski definition) is 4. The molecule has 0 aliphatic carbocycles. The summed E-state index contributed by atoms with van der Waals surface area (Å²) in [6.45, 7) is 14.3. The molecule has 0 aromatic heterocycles. The van der Waals surface area contributed by atoms with Gasteiger partial charge in [0.05, 0.1) is 19.6 Å². The van der Waals surface area contributed by atoms with Crippen LogP contribution in [0.5, 0.6) is 5.75 Å². The van der Waals surface area contributed by atoms with Crippen molar-refractivity contribution < 1.29 is 19.0 Å². The van der Waals surface area contributed by atoms with Crippen LogP contribution in [0.1, 0.15) is 39.2 Å². The zero-order chi connectivity index (χ0) is 21.8. The minimum absolute atomic E-state index is 0.0740. The maximum atomic E-state index is 12.7. The molecular weight excluding hydrogens is 364 g/mol. The van der Waals surface area contributed by atoms with Crippen LogP contribution < -0.4 is 4.74 Å². The average molecular weight is 401 g/mol. The van der Waals surface area contributed by atoms with Crippen molar-refractivity contribution >= 4 is 5.78 Å². The van der Waals surface area contributed by atoms with Crippen LogP contribution in [0.25, 0.3) is 0 Å². The highest BCUT2D eigenvalue weighted by Crippen LogP contribution is 2.26. The first-order chi connectivity index (χ1) is 13.9. The standard InChI is InChI=1S/C25H36O4/c1-8-22(26)24(19(5)12-10-11-18(3)4)25(28-7)23(9-2)29-17-20-13-15-21(27-6)16-14-20/h8-9,12-16,18,23-25H,1-2,10-11,17H2,3-7H3/b19-12+/t23-,24-,25-/m1/s1. The zero-order valence-corrected chi connectivity index (χ0v) is 18.5. The normalized spacial score (nSPS) is 14.9. The van der Waals surface area contributed by atoms with Gasteiger partial charge in [0.1, 0.15) is 18.0 Å². The number of carbonyl (C=O) groups excluding carboxylic acids is 1. The van der Waals surface area contributed by atoms with Gasteiger partial charge in [0, 0.05) is 7.11 Å². The summed E-state index contributed by atoms with van der Waals surface area (Å²) in [5.74, 6) is 0.876. The van der Waals surface area contributed by atoms with Crippen LogP contribution in [-0.2, 0) is 20.9 Å². The van der Waals surface area contributed by atoms with E-state index in [-0.39, 0.29) is 5.78 Å². The Kier molecular flexibility index (Phi) is 11.3. The fourth-order valence-corrected chi connectivity index (χ4v) is 3.21. The molecule has 0 N–H and O–H groups in total. The van der Waals surface area contributed by atoms with Crippen LogP contribution >= 0.6 is 0 Å². The van der Waals surface area contributed by atoms with E-state index in [4.69, 9.17) is 14.2 Å². The SMILES string of the molecule is C=CC(=O)[C@@H](/C(C)=C/CCC(C)C)[C@H](OC)[C@@H](C=C)OCc1ccc(OC)cc1. The fraction of sp³-hybridized carbons (Fsp3) is 0.480. The molecule has 29 heavy (non-hydrogen) atoms. The third-order valence-electron chi connectivity index (χ3n) is 4.97. The minimum atomic E-state index is -0.480. The van der Waals surface area contributed by atoms with Gasteiger partial charge in [0.25, 0.3) is 0 Å². The largest absolute Gasteiger partial charge is 0.497 e. The van der Waals surface area contributed by atoms with Gasteiger partial charge in [-0.05, 0) is 49.5 Å². The molecule has 1 rings (SSSR count). The van der Waals surface area contributed by atoms with Gasteiger partial charge in [-0.15, -0.1) is 6.58 Å². The van der Waals surface area contributed by atoms with Crippen molar-refractivity contribution in [2.75, 3.05) is 14.2 Å². The Labute approximate surface area is 176 Å². The molecule has 0 spiro atoms. The Morgan fingerprint density at radius 1 is 1.14 bits per heavy atom. The highest BCUT2D eigenvalue weighted by molar-refractivity contribution is 5.93. The summed E-state index contributed by atoms with van der Waals surface area (Å²) in [7, 11) is 3.24. The van der Waals surface area contributed by atoms with Crippen molar-refractivity contribution in [3.63, 3.8) is 0 Å². The van der Waals surface area contributed by atoms with E-state index in [1.165, 1.54) is 6.08 Å². The molecule has 0 amide bonds. The minimum Gasteiger partial charge on any atom is -0.497 e. The maximum absolute atomic E-state index is 12.7. The van der Waals surface area contributed by atoms with Gasteiger partial charge in [-0.25, -0.2) is 0 Å². The number of carbonyl (C=O) groups is 1. The summed E-state index contributed by atoms with van der Waals surface area (Å²) in [6.07, 6.45) is 6.26. The molecule has 0 saturated heterocycles. The average Bonchev–Trinajstić information content (AvgIpc) is 2.72. The van der Waals surface area contributed by atoms with Gasteiger partial charge < -0.3 is 14.2 Å². The zero-order valence-electron chi connectivity index (χ0n) is 18.5. The molecule has 0 heterocycles. The monoisotopic (exact) mass is 400 g/mol. The van der Waals surface area contributed by atoms with Crippen molar-refractivity contribution in [1.29, 1.82) is 0 Å². The van der Waals surface area contributed by atoms with Crippen LogP contribution in [0.3, 0.4) is 0 Å². The lowest BCUT2D eigenvalue weighted by Gasteiger charge is -2.30. The molecule has 1 aromatic carbocycles. The summed E-state index contributed by atoms with van der Waals surface area (Å²) in [5.41, 5.74) is 1.98. The van der Waals surface area contributed by atoms with E-state index >= 15 is 0 Å². The summed E-state index contributed by atoms with van der Waals surface area (Å²) >= 11 is 0. The smallest absolute Gasteiger partial charge is 0.164 e. The molecule has 0 aliphatic rings. The Morgan fingerprint density at radius 3 is 2.28 bits per heavy atom. The number of hydrogen-bond donors (Lipinski definition) is 0. The summed E-state index contributed by atoms with van der Waals surface area (Å²) in [4.78, 5) is 12.7. The highest BCUT2D eigenvalue weighted by Gasteiger charge is 2.33. The Morgan fingerprint density at radius 2 is 1.79 bits per heavy atom. The Hall–Kier alpha value is -2.17. The third-order valence-corrected chi connectivity index (χ3v) is 4.97. The van der Waals surface area contributed by atoms with Crippen molar-refractivity contribution in [3.8, 4) is 5.75 Å². The van der Waals surface area contributed by atoms with Crippen LogP contribution in [0.15, 0.2) is 61.2 Å². The van der Waals surface area contributed by atoms with Gasteiger partial charge in [0.2, 0.25) is 0 Å². The van der Waals surface area contributed by atoms with Crippen molar-refractivity contribution in [2.45, 2.75) is 52.4 Å². The van der Waals surface area contributed by atoms with Crippen LogP contribution in [0.4, 0.5) is 0 Å². The quantitative estimate of drug-likeness (QED) is 0.304. The van der Waals surface area contributed by atoms with Gasteiger partial charge in [-0.3, -0.25) is 4.79 Å². The number of benzene rings is 1. The second-order valence-electron chi connectivity index (χ2n) is 7.56. The molecule has 1 aromatic rings. The predicted molar refractivity (Wildman–Crippen MR) is 119 cm³/mol. The molecule has 0 radical (unpaired) electrons. The van der Waals surface area contributed by atoms with Crippen LogP contribution in [0.2, 0.25) is 0 Å². The van der Waals surface area contributed by atoms with Crippen molar-refractivity contribution in [1.82, 2.24) is 0 Å². The number of methoxy groups -OCH3 is 2. The molecule has 0 unspecified atom stereocenters. The number of allylic oxidation sites excluding steroid dienone is 2. The summed E-state index contributed by atoms with van der Waals surface area (Å²) in [6, 6.07) is 7.68. The van der Waals surface area contributed by atoms with E-state index in [9.17, 15) is 4.79 Å². The lowest BCUT2D eigenvalue weighted by Crippen LogP contribution is -2.40. The third kappa shape index (κ3) is 8.00. The topological polar surface area (TPSA) is 44.8 Å². The highest BCUT2D eigenvalue weighted by atomic mass is 16.5. The van der Waals surface area contributed by atoms with E-state index < -0.39 is 18.1 Å². The number of ketones is 1. The molecule has 4 nitrogen and oxygen atoms in total.